The maximum absolute atomic E-state index is 8.94. The number of hydrogen-bond donors (Lipinski definition) is 1. The van der Waals surface area contributed by atoms with E-state index in [1.165, 1.54) is 0 Å². The van der Waals surface area contributed by atoms with E-state index in [1.54, 1.807) is 6.92 Å². The van der Waals surface area contributed by atoms with Crippen LogP contribution in [0.2, 0.25) is 0 Å². The third-order valence-electron chi connectivity index (χ3n) is 0.993. The predicted molar refractivity (Wildman–Crippen MR) is 37.1 cm³/mol. The molecule has 0 aromatic heterocycles. The van der Waals surface area contributed by atoms with Gasteiger partial charge in [-0.3, -0.25) is 0 Å². The first-order valence-corrected chi connectivity index (χ1v) is 3.13. The van der Waals surface area contributed by atoms with Gasteiger partial charge in [-0.15, -0.1) is 0 Å². The lowest BCUT2D eigenvalue weighted by atomic mass is 10.3. The molecule has 0 aliphatic rings. The van der Waals surface area contributed by atoms with Gasteiger partial charge in [0.25, 0.3) is 0 Å². The molecule has 0 aromatic rings. The molecule has 0 heterocycles. The van der Waals surface area contributed by atoms with Crippen molar-refractivity contribution in [1.82, 2.24) is 0 Å². The third kappa shape index (κ3) is 5.37. The van der Waals surface area contributed by atoms with Crippen LogP contribution in [0.3, 0.4) is 0 Å². The molecule has 0 saturated heterocycles. The molecule has 54 valence electrons. The van der Waals surface area contributed by atoms with Crippen LogP contribution in [-0.4, -0.2) is 17.8 Å². The second-order valence-electron chi connectivity index (χ2n) is 2.08. The van der Waals surface area contributed by atoms with Gasteiger partial charge in [-0.05, 0) is 13.3 Å². The topological polar surface area (TPSA) is 29.5 Å². The molecule has 0 spiro atoms. The number of rotatable bonds is 4. The summed E-state index contributed by atoms with van der Waals surface area (Å²) in [5, 5.41) is 8.94. The van der Waals surface area contributed by atoms with Crippen molar-refractivity contribution in [1.29, 1.82) is 0 Å². The van der Waals surface area contributed by atoms with Gasteiger partial charge >= 0.3 is 0 Å². The molecule has 1 unspecified atom stereocenters. The van der Waals surface area contributed by atoms with Crippen molar-refractivity contribution < 1.29 is 9.84 Å². The minimum atomic E-state index is -0.346. The highest BCUT2D eigenvalue weighted by Crippen LogP contribution is 1.95. The van der Waals surface area contributed by atoms with Crippen LogP contribution in [0.1, 0.15) is 20.3 Å². The van der Waals surface area contributed by atoms with Gasteiger partial charge in [0.2, 0.25) is 0 Å². The molecule has 1 atom stereocenters. The highest BCUT2D eigenvalue weighted by atomic mass is 16.5. The van der Waals surface area contributed by atoms with E-state index in [0.29, 0.717) is 12.4 Å². The summed E-state index contributed by atoms with van der Waals surface area (Å²) < 4.78 is 4.95. The second kappa shape index (κ2) is 4.39. The third-order valence-corrected chi connectivity index (χ3v) is 0.993. The van der Waals surface area contributed by atoms with E-state index in [2.05, 4.69) is 6.58 Å². The zero-order valence-corrected chi connectivity index (χ0v) is 6.05. The standard InChI is InChI=1S/C7H14O2/c1-4-7(8)5-9-6(2)3/h7-8H,2,4-5H2,1,3H3. The quantitative estimate of drug-likeness (QED) is 0.581. The molecular formula is C7H14O2. The summed E-state index contributed by atoms with van der Waals surface area (Å²) in [6.45, 7) is 7.57. The summed E-state index contributed by atoms with van der Waals surface area (Å²) in [5.41, 5.74) is 0. The van der Waals surface area contributed by atoms with E-state index in [-0.39, 0.29) is 6.10 Å². The fourth-order valence-corrected chi connectivity index (χ4v) is 0.356. The summed E-state index contributed by atoms with van der Waals surface area (Å²) >= 11 is 0. The zero-order valence-electron chi connectivity index (χ0n) is 6.05. The molecule has 0 radical (unpaired) electrons. The first kappa shape index (κ1) is 8.50. The Morgan fingerprint density at radius 2 is 2.33 bits per heavy atom. The van der Waals surface area contributed by atoms with Crippen LogP contribution in [-0.2, 0) is 4.74 Å². The van der Waals surface area contributed by atoms with Crippen LogP contribution in [0, 0.1) is 0 Å². The summed E-state index contributed by atoms with van der Waals surface area (Å²) in [4.78, 5) is 0. The molecule has 2 heteroatoms. The zero-order chi connectivity index (χ0) is 7.28. The van der Waals surface area contributed by atoms with Crippen LogP contribution < -0.4 is 0 Å². The van der Waals surface area contributed by atoms with Crippen molar-refractivity contribution in [3.63, 3.8) is 0 Å². The number of aliphatic hydroxyl groups is 1. The lowest BCUT2D eigenvalue weighted by molar-refractivity contribution is 0.0702. The Balaban J connectivity index is 3.16. The number of hydrogen-bond acceptors (Lipinski definition) is 2. The predicted octanol–water partition coefficient (Wildman–Crippen LogP) is 1.31. The highest BCUT2D eigenvalue weighted by Gasteiger charge is 1.98. The molecule has 0 aliphatic heterocycles. The summed E-state index contributed by atoms with van der Waals surface area (Å²) in [7, 11) is 0. The Hall–Kier alpha value is -0.500. The van der Waals surface area contributed by atoms with Gasteiger partial charge < -0.3 is 9.84 Å². The average molecular weight is 130 g/mol. The SMILES string of the molecule is C=C(C)OCC(O)CC. The van der Waals surface area contributed by atoms with Crippen molar-refractivity contribution in [2.75, 3.05) is 6.61 Å². The van der Waals surface area contributed by atoms with E-state index in [4.69, 9.17) is 9.84 Å². The van der Waals surface area contributed by atoms with Gasteiger partial charge in [0.1, 0.15) is 6.61 Å². The van der Waals surface area contributed by atoms with E-state index >= 15 is 0 Å². The van der Waals surface area contributed by atoms with Gasteiger partial charge in [0, 0.05) is 0 Å². The van der Waals surface area contributed by atoms with Gasteiger partial charge in [-0.1, -0.05) is 13.5 Å². The van der Waals surface area contributed by atoms with Gasteiger partial charge in [-0.2, -0.15) is 0 Å². The van der Waals surface area contributed by atoms with Crippen LogP contribution in [0.4, 0.5) is 0 Å². The fraction of sp³-hybridized carbons (Fsp3) is 0.714. The van der Waals surface area contributed by atoms with Crippen molar-refractivity contribution in [2.24, 2.45) is 0 Å². The minimum absolute atomic E-state index is 0.346. The lowest BCUT2D eigenvalue weighted by Crippen LogP contribution is -2.12. The molecule has 0 amide bonds. The first-order chi connectivity index (χ1) is 4.16. The van der Waals surface area contributed by atoms with Gasteiger partial charge in [-0.25, -0.2) is 0 Å². The summed E-state index contributed by atoms with van der Waals surface area (Å²) in [6.07, 6.45) is 0.384. The molecule has 9 heavy (non-hydrogen) atoms. The van der Waals surface area contributed by atoms with E-state index in [1.807, 2.05) is 6.92 Å². The van der Waals surface area contributed by atoms with Crippen LogP contribution >= 0.6 is 0 Å². The molecule has 0 aromatic carbocycles. The Morgan fingerprint density at radius 1 is 1.78 bits per heavy atom. The molecule has 2 nitrogen and oxygen atoms in total. The molecule has 0 fully saturated rings. The lowest BCUT2D eigenvalue weighted by Gasteiger charge is -2.08. The maximum Gasteiger partial charge on any atom is 0.114 e. The number of ether oxygens (including phenoxy) is 1. The monoisotopic (exact) mass is 130 g/mol. The van der Waals surface area contributed by atoms with Crippen molar-refractivity contribution in [3.05, 3.63) is 12.3 Å². The van der Waals surface area contributed by atoms with Crippen molar-refractivity contribution in [3.8, 4) is 0 Å². The molecule has 0 bridgehead atoms. The summed E-state index contributed by atoms with van der Waals surface area (Å²) in [6, 6.07) is 0. The van der Waals surface area contributed by atoms with E-state index in [0.717, 1.165) is 6.42 Å². The average Bonchev–Trinajstić information content (AvgIpc) is 1.83. The second-order valence-corrected chi connectivity index (χ2v) is 2.08. The number of allylic oxidation sites excluding steroid dienone is 1. The van der Waals surface area contributed by atoms with Crippen LogP contribution in [0.15, 0.2) is 12.3 Å². The summed E-state index contributed by atoms with van der Waals surface area (Å²) in [5.74, 6) is 0.655. The highest BCUT2D eigenvalue weighted by molar-refractivity contribution is 4.74. The van der Waals surface area contributed by atoms with Gasteiger partial charge in [0.15, 0.2) is 0 Å². The number of aliphatic hydroxyl groups excluding tert-OH is 1. The maximum atomic E-state index is 8.94. The smallest absolute Gasteiger partial charge is 0.114 e. The van der Waals surface area contributed by atoms with E-state index in [9.17, 15) is 0 Å². The Labute approximate surface area is 56.1 Å². The largest absolute Gasteiger partial charge is 0.496 e. The van der Waals surface area contributed by atoms with E-state index < -0.39 is 0 Å². The Bertz CT molecular complexity index is 88.9. The fourth-order valence-electron chi connectivity index (χ4n) is 0.356. The molecule has 0 saturated carbocycles. The molecule has 1 N–H and O–H groups in total. The molecule has 0 aliphatic carbocycles. The molecular weight excluding hydrogens is 116 g/mol. The first-order valence-electron chi connectivity index (χ1n) is 3.13. The Kier molecular flexibility index (Phi) is 4.14. The Morgan fingerprint density at radius 3 is 2.67 bits per heavy atom. The molecule has 0 rings (SSSR count). The normalized spacial score (nSPS) is 12.8. The van der Waals surface area contributed by atoms with Gasteiger partial charge in [0.05, 0.1) is 11.9 Å². The van der Waals surface area contributed by atoms with Crippen molar-refractivity contribution >= 4 is 0 Å². The van der Waals surface area contributed by atoms with Crippen LogP contribution in [0.5, 0.6) is 0 Å². The van der Waals surface area contributed by atoms with Crippen LogP contribution in [0.25, 0.3) is 0 Å². The van der Waals surface area contributed by atoms with Crippen molar-refractivity contribution in [2.45, 2.75) is 26.4 Å². The minimum Gasteiger partial charge on any atom is -0.496 e.